The average molecular weight is 369 g/mol. The number of halogens is 1. The maximum absolute atomic E-state index is 5.88. The first-order valence-corrected chi connectivity index (χ1v) is 9.68. The van der Waals surface area contributed by atoms with Gasteiger partial charge in [-0.1, -0.05) is 40.8 Å². The molecule has 22 heavy (non-hydrogen) atoms. The highest BCUT2D eigenvalue weighted by molar-refractivity contribution is 8.00. The number of anilines is 1. The van der Waals surface area contributed by atoms with Crippen LogP contribution < -0.4 is 5.32 Å². The Morgan fingerprint density at radius 2 is 2.23 bits per heavy atom. The minimum Gasteiger partial charge on any atom is -0.360 e. The van der Waals surface area contributed by atoms with Crippen molar-refractivity contribution >= 4 is 51.2 Å². The smallest absolute Gasteiger partial charge is 0.206 e. The molecule has 0 spiro atoms. The molecule has 3 aromatic rings. The first kappa shape index (κ1) is 15.7. The lowest BCUT2D eigenvalue weighted by Gasteiger charge is -1.99. The van der Waals surface area contributed by atoms with E-state index in [9.17, 15) is 0 Å². The minimum absolute atomic E-state index is 0.520. The van der Waals surface area contributed by atoms with Crippen LogP contribution in [-0.2, 0) is 12.2 Å². The predicted octanol–water partition coefficient (Wildman–Crippen LogP) is 4.59. The van der Waals surface area contributed by atoms with E-state index in [1.807, 2.05) is 12.1 Å². The normalized spacial score (nSPS) is 10.8. The van der Waals surface area contributed by atoms with Crippen LogP contribution in [-0.4, -0.2) is 21.7 Å². The molecule has 4 nitrogen and oxygen atoms in total. The molecule has 0 fully saturated rings. The SMILES string of the molecule is Clc1cc(CSc2nnc(NCCc3cccs3)s2)ccn1. The van der Waals surface area contributed by atoms with Crippen molar-refractivity contribution in [2.45, 2.75) is 16.5 Å². The number of hydrogen-bond donors (Lipinski definition) is 1. The Bertz CT molecular complexity index is 714. The molecule has 0 saturated heterocycles. The molecule has 114 valence electrons. The lowest BCUT2D eigenvalue weighted by atomic mass is 10.3. The van der Waals surface area contributed by atoms with Crippen LogP contribution in [0.1, 0.15) is 10.4 Å². The van der Waals surface area contributed by atoms with Crippen molar-refractivity contribution in [1.29, 1.82) is 0 Å². The third-order valence-electron chi connectivity index (χ3n) is 2.79. The summed E-state index contributed by atoms with van der Waals surface area (Å²) in [4.78, 5) is 5.35. The molecule has 0 aliphatic heterocycles. The molecule has 0 unspecified atom stereocenters. The second-order valence-corrected chi connectivity index (χ2v) is 8.02. The Morgan fingerprint density at radius 3 is 3.05 bits per heavy atom. The Kier molecular flexibility index (Phi) is 5.66. The van der Waals surface area contributed by atoms with Gasteiger partial charge in [-0.2, -0.15) is 0 Å². The van der Waals surface area contributed by atoms with Crippen molar-refractivity contribution in [3.05, 3.63) is 51.4 Å². The average Bonchev–Trinajstić information content (AvgIpc) is 3.17. The number of pyridine rings is 1. The maximum atomic E-state index is 5.88. The molecule has 0 atom stereocenters. The quantitative estimate of drug-likeness (QED) is 0.488. The highest BCUT2D eigenvalue weighted by atomic mass is 35.5. The van der Waals surface area contributed by atoms with E-state index in [4.69, 9.17) is 11.6 Å². The Hall–Kier alpha value is -1.15. The van der Waals surface area contributed by atoms with E-state index in [1.165, 1.54) is 4.88 Å². The first-order valence-electron chi connectivity index (χ1n) is 6.62. The summed E-state index contributed by atoms with van der Waals surface area (Å²) >= 11 is 10.9. The summed E-state index contributed by atoms with van der Waals surface area (Å²) in [6.45, 7) is 0.875. The van der Waals surface area contributed by atoms with E-state index in [0.717, 1.165) is 33.8 Å². The number of hydrogen-bond acceptors (Lipinski definition) is 7. The Balaban J connectivity index is 1.46. The lowest BCUT2D eigenvalue weighted by molar-refractivity contribution is 0.980. The van der Waals surface area contributed by atoms with Gasteiger partial charge in [0.25, 0.3) is 0 Å². The van der Waals surface area contributed by atoms with Gasteiger partial charge in [0.05, 0.1) is 0 Å². The Morgan fingerprint density at radius 1 is 1.27 bits per heavy atom. The summed E-state index contributed by atoms with van der Waals surface area (Å²) in [5, 5.41) is 15.2. The highest BCUT2D eigenvalue weighted by Gasteiger charge is 2.05. The van der Waals surface area contributed by atoms with Gasteiger partial charge in [0.1, 0.15) is 5.15 Å². The zero-order valence-electron chi connectivity index (χ0n) is 11.5. The number of thiophene rings is 1. The summed E-state index contributed by atoms with van der Waals surface area (Å²) in [6, 6.07) is 8.05. The van der Waals surface area contributed by atoms with Crippen LogP contribution in [0.25, 0.3) is 0 Å². The van der Waals surface area contributed by atoms with Gasteiger partial charge in [-0.15, -0.1) is 21.5 Å². The maximum Gasteiger partial charge on any atom is 0.206 e. The van der Waals surface area contributed by atoms with E-state index in [1.54, 1.807) is 40.6 Å². The fourth-order valence-corrected chi connectivity index (χ4v) is 4.39. The molecule has 8 heteroatoms. The number of rotatable bonds is 7. The number of nitrogens with zero attached hydrogens (tertiary/aromatic N) is 3. The van der Waals surface area contributed by atoms with Crippen molar-refractivity contribution < 1.29 is 0 Å². The van der Waals surface area contributed by atoms with Crippen LogP contribution in [0.2, 0.25) is 5.15 Å². The van der Waals surface area contributed by atoms with Crippen LogP contribution in [0.4, 0.5) is 5.13 Å². The molecule has 0 amide bonds. The van der Waals surface area contributed by atoms with Gasteiger partial charge in [0, 0.05) is 23.4 Å². The van der Waals surface area contributed by atoms with Crippen LogP contribution in [0, 0.1) is 0 Å². The van der Waals surface area contributed by atoms with Crippen molar-refractivity contribution in [3.8, 4) is 0 Å². The monoisotopic (exact) mass is 368 g/mol. The summed E-state index contributed by atoms with van der Waals surface area (Å²) in [5.41, 5.74) is 1.13. The second-order valence-electron chi connectivity index (χ2n) is 4.40. The molecule has 0 saturated carbocycles. The summed E-state index contributed by atoms with van der Waals surface area (Å²) in [7, 11) is 0. The third-order valence-corrected chi connectivity index (χ3v) is 6.02. The molecular formula is C14H13ClN4S3. The Labute approximate surface area is 146 Å². The van der Waals surface area contributed by atoms with Gasteiger partial charge in [0.2, 0.25) is 5.13 Å². The summed E-state index contributed by atoms with van der Waals surface area (Å²) < 4.78 is 0.951. The third kappa shape index (κ3) is 4.67. The number of nitrogens with one attached hydrogen (secondary N) is 1. The molecule has 3 rings (SSSR count). The molecule has 3 aromatic heterocycles. The van der Waals surface area contributed by atoms with E-state index in [-0.39, 0.29) is 0 Å². The van der Waals surface area contributed by atoms with Gasteiger partial charge in [0.15, 0.2) is 4.34 Å². The zero-order valence-corrected chi connectivity index (χ0v) is 14.7. The fourth-order valence-electron chi connectivity index (χ4n) is 1.76. The van der Waals surface area contributed by atoms with Crippen LogP contribution in [0.5, 0.6) is 0 Å². The van der Waals surface area contributed by atoms with E-state index < -0.39 is 0 Å². The molecule has 1 N–H and O–H groups in total. The molecule has 0 aliphatic rings. The largest absolute Gasteiger partial charge is 0.360 e. The van der Waals surface area contributed by atoms with Gasteiger partial charge in [-0.05, 0) is 35.6 Å². The van der Waals surface area contributed by atoms with Crippen molar-refractivity contribution in [3.63, 3.8) is 0 Å². The van der Waals surface area contributed by atoms with Gasteiger partial charge >= 0.3 is 0 Å². The van der Waals surface area contributed by atoms with Gasteiger partial charge < -0.3 is 5.32 Å². The van der Waals surface area contributed by atoms with E-state index in [2.05, 4.69) is 38.0 Å². The van der Waals surface area contributed by atoms with Crippen molar-refractivity contribution in [2.24, 2.45) is 0 Å². The number of aromatic nitrogens is 3. The molecule has 0 aliphatic carbocycles. The first-order chi connectivity index (χ1) is 10.8. The van der Waals surface area contributed by atoms with Crippen LogP contribution in [0.15, 0.2) is 40.2 Å². The van der Waals surface area contributed by atoms with Crippen LogP contribution in [0.3, 0.4) is 0 Å². The van der Waals surface area contributed by atoms with Gasteiger partial charge in [-0.3, -0.25) is 0 Å². The molecular weight excluding hydrogens is 356 g/mol. The summed E-state index contributed by atoms with van der Waals surface area (Å²) in [5.74, 6) is 0.812. The van der Waals surface area contributed by atoms with E-state index >= 15 is 0 Å². The topological polar surface area (TPSA) is 50.7 Å². The fraction of sp³-hybridized carbons (Fsp3) is 0.214. The van der Waals surface area contributed by atoms with E-state index in [0.29, 0.717) is 5.15 Å². The van der Waals surface area contributed by atoms with Crippen molar-refractivity contribution in [2.75, 3.05) is 11.9 Å². The standard InChI is InChI=1S/C14H13ClN4S3/c15-12-8-10(3-5-16-12)9-21-14-19-18-13(22-14)17-6-4-11-2-1-7-20-11/h1-3,5,7-8H,4,6,9H2,(H,17,18). The van der Waals surface area contributed by atoms with Crippen molar-refractivity contribution in [1.82, 2.24) is 15.2 Å². The molecule has 0 aromatic carbocycles. The van der Waals surface area contributed by atoms with Crippen LogP contribution >= 0.6 is 46.0 Å². The summed E-state index contributed by atoms with van der Waals surface area (Å²) in [6.07, 6.45) is 2.73. The second kappa shape index (κ2) is 7.92. The molecule has 0 radical (unpaired) electrons. The predicted molar refractivity (Wildman–Crippen MR) is 95.2 cm³/mol. The number of thioether (sulfide) groups is 1. The molecule has 3 heterocycles. The highest BCUT2D eigenvalue weighted by Crippen LogP contribution is 2.28. The lowest BCUT2D eigenvalue weighted by Crippen LogP contribution is -2.03. The zero-order chi connectivity index (χ0) is 15.2. The molecule has 0 bridgehead atoms. The van der Waals surface area contributed by atoms with Gasteiger partial charge in [-0.25, -0.2) is 4.98 Å². The minimum atomic E-state index is 0.520.